The van der Waals surface area contributed by atoms with Gasteiger partial charge in [-0.05, 0) is 18.1 Å². The summed E-state index contributed by atoms with van der Waals surface area (Å²) in [6.45, 7) is 1.53. The minimum absolute atomic E-state index is 0.466. The second-order valence-electron chi connectivity index (χ2n) is 3.93. The number of hydrogen-bond donors (Lipinski definition) is 1. The topological polar surface area (TPSA) is 53.4 Å². The van der Waals surface area contributed by atoms with Crippen LogP contribution < -0.4 is 0 Å². The molecule has 1 aliphatic heterocycles. The summed E-state index contributed by atoms with van der Waals surface area (Å²) >= 11 is 7.32. The van der Waals surface area contributed by atoms with Crippen LogP contribution in [0.4, 0.5) is 0 Å². The van der Waals surface area contributed by atoms with Gasteiger partial charge in [0.05, 0.1) is 11.1 Å². The molecule has 1 aliphatic rings. The molecule has 0 bridgehead atoms. The Bertz CT molecular complexity index is 462. The summed E-state index contributed by atoms with van der Waals surface area (Å²) in [5.74, 6) is 0.0627. The zero-order chi connectivity index (χ0) is 13.0. The van der Waals surface area contributed by atoms with Crippen LogP contribution in [0.3, 0.4) is 0 Å². The van der Waals surface area contributed by atoms with Gasteiger partial charge in [-0.2, -0.15) is 0 Å². The van der Waals surface area contributed by atoms with Gasteiger partial charge in [-0.3, -0.25) is 0 Å². The molecule has 0 aliphatic carbocycles. The Morgan fingerprint density at radius 3 is 3.11 bits per heavy atom. The smallest absolute Gasteiger partial charge is 0.330 e. The molecule has 2 heterocycles. The number of aliphatic carboxylic acids is 1. The van der Waals surface area contributed by atoms with Crippen molar-refractivity contribution in [3.05, 3.63) is 40.2 Å². The van der Waals surface area contributed by atoms with Crippen molar-refractivity contribution in [1.82, 2.24) is 9.88 Å². The number of rotatable bonds is 3. The summed E-state index contributed by atoms with van der Waals surface area (Å²) in [4.78, 5) is 16.9. The summed E-state index contributed by atoms with van der Waals surface area (Å²) < 4.78 is 0. The lowest BCUT2D eigenvalue weighted by atomic mass is 10.2. The van der Waals surface area contributed by atoms with Gasteiger partial charge in [0.15, 0.2) is 0 Å². The molecule has 0 aromatic carbocycles. The van der Waals surface area contributed by atoms with E-state index in [2.05, 4.69) is 9.88 Å². The molecule has 2 rings (SSSR count). The molecule has 1 fully saturated rings. The van der Waals surface area contributed by atoms with Gasteiger partial charge in [-0.25, -0.2) is 9.78 Å². The first-order valence-corrected chi connectivity index (χ1v) is 6.94. The second kappa shape index (κ2) is 6.11. The third-order valence-electron chi connectivity index (χ3n) is 2.54. The third kappa shape index (κ3) is 3.65. The average molecular weight is 285 g/mol. The second-order valence-corrected chi connectivity index (χ2v) is 5.44. The maximum Gasteiger partial charge on any atom is 0.330 e. The first-order chi connectivity index (χ1) is 8.65. The summed E-state index contributed by atoms with van der Waals surface area (Å²) in [5.41, 5.74) is 1.03. The lowest BCUT2D eigenvalue weighted by molar-refractivity contribution is -0.131. The predicted octanol–water partition coefficient (Wildman–Crippen LogP) is 2.60. The summed E-state index contributed by atoms with van der Waals surface area (Å²) in [5, 5.41) is 10.1. The molecule has 1 saturated heterocycles. The maximum absolute atomic E-state index is 10.8. The van der Waals surface area contributed by atoms with Crippen LogP contribution in [-0.4, -0.2) is 33.3 Å². The van der Waals surface area contributed by atoms with E-state index in [0.29, 0.717) is 11.7 Å². The van der Waals surface area contributed by atoms with E-state index in [1.807, 2.05) is 6.07 Å². The van der Waals surface area contributed by atoms with Crippen molar-refractivity contribution < 1.29 is 9.90 Å². The summed E-state index contributed by atoms with van der Waals surface area (Å²) in [6, 6.07) is 3.65. The Morgan fingerprint density at radius 1 is 1.61 bits per heavy atom. The molecular weight excluding hydrogens is 272 g/mol. The fourth-order valence-electron chi connectivity index (χ4n) is 1.75. The lowest BCUT2D eigenvalue weighted by Crippen LogP contribution is -2.27. The fraction of sp³-hybridized carbons (Fsp3) is 0.333. The number of halogens is 1. The molecule has 0 amide bonds. The number of aromatic nitrogens is 1. The molecule has 0 radical (unpaired) electrons. The van der Waals surface area contributed by atoms with Crippen molar-refractivity contribution in [2.24, 2.45) is 0 Å². The molecular formula is C12H13ClN2O2S. The van der Waals surface area contributed by atoms with E-state index in [0.717, 1.165) is 29.3 Å². The highest BCUT2D eigenvalue weighted by atomic mass is 35.5. The zero-order valence-corrected chi connectivity index (χ0v) is 11.2. The van der Waals surface area contributed by atoms with E-state index in [1.54, 1.807) is 24.0 Å². The van der Waals surface area contributed by atoms with E-state index < -0.39 is 5.97 Å². The molecule has 4 nitrogen and oxygen atoms in total. The summed E-state index contributed by atoms with van der Waals surface area (Å²) in [6.07, 6.45) is 4.05. The molecule has 96 valence electrons. The van der Waals surface area contributed by atoms with Gasteiger partial charge in [0, 0.05) is 25.0 Å². The lowest BCUT2D eigenvalue weighted by Gasteiger charge is -2.30. The Balaban J connectivity index is 2.10. The van der Waals surface area contributed by atoms with Crippen LogP contribution in [0.15, 0.2) is 29.4 Å². The molecule has 1 aromatic heterocycles. The van der Waals surface area contributed by atoms with Crippen molar-refractivity contribution in [1.29, 1.82) is 0 Å². The SMILES string of the molecule is O=C(O)C=C1SCCCN1Cc1ccc(Cl)nc1. The maximum atomic E-state index is 10.8. The molecule has 0 unspecified atom stereocenters. The summed E-state index contributed by atoms with van der Waals surface area (Å²) in [7, 11) is 0. The van der Waals surface area contributed by atoms with E-state index in [9.17, 15) is 4.79 Å². The Kier molecular flexibility index (Phi) is 4.49. The van der Waals surface area contributed by atoms with Crippen LogP contribution in [0.25, 0.3) is 0 Å². The minimum Gasteiger partial charge on any atom is -0.478 e. The number of thioether (sulfide) groups is 1. The quantitative estimate of drug-likeness (QED) is 0.683. The number of carboxylic acids is 1. The van der Waals surface area contributed by atoms with Gasteiger partial charge in [-0.1, -0.05) is 17.7 Å². The number of nitrogens with zero attached hydrogens (tertiary/aromatic N) is 2. The Hall–Kier alpha value is -1.20. The largest absolute Gasteiger partial charge is 0.478 e. The Morgan fingerprint density at radius 2 is 2.44 bits per heavy atom. The van der Waals surface area contributed by atoms with Crippen LogP contribution in [0.2, 0.25) is 5.15 Å². The monoisotopic (exact) mass is 284 g/mol. The van der Waals surface area contributed by atoms with Crippen LogP contribution in [0, 0.1) is 0 Å². The van der Waals surface area contributed by atoms with Crippen molar-refractivity contribution in [3.8, 4) is 0 Å². The molecule has 1 N–H and O–H groups in total. The van der Waals surface area contributed by atoms with Gasteiger partial charge in [0.2, 0.25) is 0 Å². The van der Waals surface area contributed by atoms with Crippen molar-refractivity contribution in [2.75, 3.05) is 12.3 Å². The normalized spacial score (nSPS) is 18.1. The Labute approximate surface area is 115 Å². The van der Waals surface area contributed by atoms with Crippen molar-refractivity contribution in [2.45, 2.75) is 13.0 Å². The fourth-order valence-corrected chi connectivity index (χ4v) is 2.87. The van der Waals surface area contributed by atoms with E-state index >= 15 is 0 Å². The van der Waals surface area contributed by atoms with Crippen LogP contribution in [-0.2, 0) is 11.3 Å². The van der Waals surface area contributed by atoms with Crippen molar-refractivity contribution in [3.63, 3.8) is 0 Å². The number of pyridine rings is 1. The predicted molar refractivity (Wildman–Crippen MR) is 72.5 cm³/mol. The van der Waals surface area contributed by atoms with Gasteiger partial charge < -0.3 is 10.0 Å². The molecule has 0 saturated carbocycles. The highest BCUT2D eigenvalue weighted by Crippen LogP contribution is 2.28. The number of carbonyl (C=O) groups is 1. The molecule has 18 heavy (non-hydrogen) atoms. The van der Waals surface area contributed by atoms with Crippen molar-refractivity contribution >= 4 is 29.3 Å². The third-order valence-corrected chi connectivity index (χ3v) is 3.93. The average Bonchev–Trinajstić information content (AvgIpc) is 2.34. The van der Waals surface area contributed by atoms with Crippen LogP contribution >= 0.6 is 23.4 Å². The molecule has 1 aromatic rings. The minimum atomic E-state index is -0.904. The zero-order valence-electron chi connectivity index (χ0n) is 9.67. The van der Waals surface area contributed by atoms with Gasteiger partial charge in [0.25, 0.3) is 0 Å². The highest BCUT2D eigenvalue weighted by molar-refractivity contribution is 8.03. The number of hydrogen-bond acceptors (Lipinski definition) is 4. The first-order valence-electron chi connectivity index (χ1n) is 5.58. The van der Waals surface area contributed by atoms with Gasteiger partial charge in [0.1, 0.15) is 5.15 Å². The molecule has 6 heteroatoms. The van der Waals surface area contributed by atoms with E-state index in [-0.39, 0.29) is 0 Å². The van der Waals surface area contributed by atoms with Crippen LogP contribution in [0.5, 0.6) is 0 Å². The standard InChI is InChI=1S/C12H13ClN2O2S/c13-10-3-2-9(7-14-10)8-15-4-1-5-18-11(15)6-12(16)17/h2-3,6-7H,1,4-5,8H2,(H,16,17). The van der Waals surface area contributed by atoms with Crippen LogP contribution in [0.1, 0.15) is 12.0 Å². The molecule has 0 spiro atoms. The van der Waals surface area contributed by atoms with Gasteiger partial charge >= 0.3 is 5.97 Å². The molecule has 0 atom stereocenters. The first kappa shape index (κ1) is 13.2. The van der Waals surface area contributed by atoms with Gasteiger partial charge in [-0.15, -0.1) is 11.8 Å². The van der Waals surface area contributed by atoms with E-state index in [4.69, 9.17) is 16.7 Å². The van der Waals surface area contributed by atoms with E-state index in [1.165, 1.54) is 6.08 Å². The number of carboxylic acid groups (broad SMARTS) is 1. The highest BCUT2D eigenvalue weighted by Gasteiger charge is 2.17.